The molecule has 2 atom stereocenters. The van der Waals surface area contributed by atoms with Crippen LogP contribution in [0.4, 0.5) is 4.39 Å². The van der Waals surface area contributed by atoms with Gasteiger partial charge in [-0.2, -0.15) is 0 Å². The van der Waals surface area contributed by atoms with Gasteiger partial charge in [-0.1, -0.05) is 18.6 Å². The van der Waals surface area contributed by atoms with Crippen LogP contribution in [0.5, 0.6) is 0 Å². The Hall–Kier alpha value is -0.850. The van der Waals surface area contributed by atoms with Gasteiger partial charge in [0.25, 0.3) is 0 Å². The summed E-state index contributed by atoms with van der Waals surface area (Å²) in [5, 5.41) is 3.23. The van der Waals surface area contributed by atoms with Crippen molar-refractivity contribution < 1.29 is 4.39 Å². The van der Waals surface area contributed by atoms with E-state index in [2.05, 4.69) is 10.3 Å². The molecule has 0 aliphatic heterocycles. The van der Waals surface area contributed by atoms with Crippen molar-refractivity contribution in [3.8, 4) is 0 Å². The first kappa shape index (κ1) is 15.5. The van der Waals surface area contributed by atoms with Crippen molar-refractivity contribution in [3.05, 3.63) is 35.6 Å². The van der Waals surface area contributed by atoms with Gasteiger partial charge in [0.05, 0.1) is 0 Å². The number of guanidine groups is 1. The number of aliphatic imine (C=N–C) groups is 1. The lowest BCUT2D eigenvalue weighted by Gasteiger charge is -2.23. The first-order valence-electron chi connectivity index (χ1n) is 7.04. The minimum atomic E-state index is -0.172. The molecule has 0 amide bonds. The Bertz CT molecular complexity index is 488. The maximum absolute atomic E-state index is 13.1. The van der Waals surface area contributed by atoms with Crippen molar-refractivity contribution in [2.24, 2.45) is 16.6 Å². The van der Waals surface area contributed by atoms with Gasteiger partial charge in [-0.15, -0.1) is 24.0 Å². The van der Waals surface area contributed by atoms with E-state index in [0.29, 0.717) is 17.9 Å². The molecule has 3 N–H and O–H groups in total. The molecule has 110 valence electrons. The molecule has 2 aliphatic rings. The highest BCUT2D eigenvalue weighted by Gasteiger charge is 2.38. The summed E-state index contributed by atoms with van der Waals surface area (Å²) in [6.45, 7) is 0.843. The Labute approximate surface area is 136 Å². The largest absolute Gasteiger partial charge is 0.370 e. The lowest BCUT2D eigenvalue weighted by atomic mass is 9.86. The Morgan fingerprint density at radius 1 is 1.40 bits per heavy atom. The standard InChI is InChI=1S/C15H20FN3.HI/c16-12-6-2-5-11(7-12)13-8-14(13)19-15(17)18-9-10-3-1-4-10;/h2,5-7,10,13-14H,1,3-4,8-9H2,(H3,17,18,19);1H. The fourth-order valence-corrected chi connectivity index (χ4v) is 2.60. The van der Waals surface area contributed by atoms with Crippen molar-refractivity contribution >= 4 is 29.9 Å². The van der Waals surface area contributed by atoms with Crippen LogP contribution in [0.1, 0.15) is 37.2 Å². The maximum Gasteiger partial charge on any atom is 0.188 e. The molecule has 20 heavy (non-hydrogen) atoms. The van der Waals surface area contributed by atoms with Crippen LogP contribution < -0.4 is 11.1 Å². The second-order valence-corrected chi connectivity index (χ2v) is 5.67. The molecular weight excluding hydrogens is 368 g/mol. The Balaban J connectivity index is 0.00000147. The minimum Gasteiger partial charge on any atom is -0.370 e. The predicted octanol–water partition coefficient (Wildman–Crippen LogP) is 3.00. The van der Waals surface area contributed by atoms with E-state index in [1.807, 2.05) is 6.07 Å². The van der Waals surface area contributed by atoms with Crippen molar-refractivity contribution in [3.63, 3.8) is 0 Å². The van der Waals surface area contributed by atoms with Crippen molar-refractivity contribution in [2.45, 2.75) is 37.6 Å². The molecule has 0 bridgehead atoms. The van der Waals surface area contributed by atoms with Crippen LogP contribution in [0.2, 0.25) is 0 Å². The SMILES string of the molecule is I.NC(=NCC1CCC1)NC1CC1c1cccc(F)c1. The van der Waals surface area contributed by atoms with Crippen LogP contribution >= 0.6 is 24.0 Å². The molecule has 2 aliphatic carbocycles. The molecule has 3 nitrogen and oxygen atoms in total. The van der Waals surface area contributed by atoms with E-state index < -0.39 is 0 Å². The molecule has 0 saturated heterocycles. The lowest BCUT2D eigenvalue weighted by molar-refractivity contribution is 0.326. The summed E-state index contributed by atoms with van der Waals surface area (Å²) < 4.78 is 13.1. The number of nitrogens with two attached hydrogens (primary N) is 1. The van der Waals surface area contributed by atoms with Gasteiger partial charge in [0, 0.05) is 18.5 Å². The first-order chi connectivity index (χ1) is 9.22. The second kappa shape index (κ2) is 6.74. The number of nitrogens with zero attached hydrogens (tertiary/aromatic N) is 1. The van der Waals surface area contributed by atoms with Gasteiger partial charge in [-0.05, 0) is 42.9 Å². The van der Waals surface area contributed by atoms with Crippen molar-refractivity contribution in [1.82, 2.24) is 5.32 Å². The van der Waals surface area contributed by atoms with Crippen LogP contribution in [0.3, 0.4) is 0 Å². The van der Waals surface area contributed by atoms with Gasteiger partial charge in [-0.3, -0.25) is 4.99 Å². The number of benzene rings is 1. The molecular formula is C15H21FIN3. The molecule has 2 saturated carbocycles. The molecule has 3 rings (SSSR count). The third-order valence-electron chi connectivity index (χ3n) is 4.15. The fourth-order valence-electron chi connectivity index (χ4n) is 2.60. The molecule has 1 aromatic rings. The zero-order valence-corrected chi connectivity index (χ0v) is 13.7. The average Bonchev–Trinajstić information content (AvgIpc) is 3.06. The van der Waals surface area contributed by atoms with E-state index in [1.54, 1.807) is 12.1 Å². The number of hydrogen-bond acceptors (Lipinski definition) is 1. The first-order valence-corrected chi connectivity index (χ1v) is 7.04. The normalized spacial score (nSPS) is 25.6. The van der Waals surface area contributed by atoms with Crippen LogP contribution in [0.25, 0.3) is 0 Å². The van der Waals surface area contributed by atoms with Crippen molar-refractivity contribution in [2.75, 3.05) is 6.54 Å². The number of rotatable bonds is 4. The quantitative estimate of drug-likeness (QED) is 0.473. The average molecular weight is 389 g/mol. The molecule has 0 radical (unpaired) electrons. The summed E-state index contributed by atoms with van der Waals surface area (Å²) in [6, 6.07) is 7.12. The van der Waals surface area contributed by atoms with Gasteiger partial charge >= 0.3 is 0 Å². The van der Waals surface area contributed by atoms with E-state index in [-0.39, 0.29) is 29.8 Å². The molecule has 0 heterocycles. The van der Waals surface area contributed by atoms with Gasteiger partial charge in [0.1, 0.15) is 5.82 Å². The van der Waals surface area contributed by atoms with Gasteiger partial charge in [-0.25, -0.2) is 4.39 Å². The summed E-state index contributed by atoms with van der Waals surface area (Å²) in [6.07, 6.45) is 4.90. The minimum absolute atomic E-state index is 0. The topological polar surface area (TPSA) is 50.4 Å². The van der Waals surface area contributed by atoms with E-state index in [0.717, 1.165) is 24.4 Å². The summed E-state index contributed by atoms with van der Waals surface area (Å²) in [4.78, 5) is 4.38. The summed E-state index contributed by atoms with van der Waals surface area (Å²) in [5.41, 5.74) is 6.92. The summed E-state index contributed by atoms with van der Waals surface area (Å²) in [5.74, 6) is 1.47. The third kappa shape index (κ3) is 3.84. The summed E-state index contributed by atoms with van der Waals surface area (Å²) in [7, 11) is 0. The number of nitrogens with one attached hydrogen (secondary N) is 1. The third-order valence-corrected chi connectivity index (χ3v) is 4.15. The Morgan fingerprint density at radius 2 is 2.20 bits per heavy atom. The molecule has 0 spiro atoms. The monoisotopic (exact) mass is 389 g/mol. The molecule has 0 aromatic heterocycles. The second-order valence-electron chi connectivity index (χ2n) is 5.67. The highest BCUT2D eigenvalue weighted by atomic mass is 127. The van der Waals surface area contributed by atoms with E-state index in [9.17, 15) is 4.39 Å². The molecule has 5 heteroatoms. The van der Waals surface area contributed by atoms with Crippen LogP contribution in [-0.2, 0) is 0 Å². The van der Waals surface area contributed by atoms with Crippen LogP contribution in [0, 0.1) is 11.7 Å². The Kier molecular flexibility index (Phi) is 5.23. The zero-order valence-electron chi connectivity index (χ0n) is 11.4. The Morgan fingerprint density at radius 3 is 2.85 bits per heavy atom. The predicted molar refractivity (Wildman–Crippen MR) is 89.9 cm³/mol. The van der Waals surface area contributed by atoms with Gasteiger partial charge < -0.3 is 11.1 Å². The fraction of sp³-hybridized carbons (Fsp3) is 0.533. The van der Waals surface area contributed by atoms with Gasteiger partial charge in [0.15, 0.2) is 5.96 Å². The van der Waals surface area contributed by atoms with E-state index in [4.69, 9.17) is 5.73 Å². The van der Waals surface area contributed by atoms with E-state index in [1.165, 1.54) is 25.3 Å². The highest BCUT2D eigenvalue weighted by Crippen LogP contribution is 2.40. The smallest absolute Gasteiger partial charge is 0.188 e. The van der Waals surface area contributed by atoms with Crippen LogP contribution in [-0.4, -0.2) is 18.5 Å². The maximum atomic E-state index is 13.1. The molecule has 1 aromatic carbocycles. The molecule has 2 unspecified atom stereocenters. The van der Waals surface area contributed by atoms with E-state index >= 15 is 0 Å². The van der Waals surface area contributed by atoms with Crippen LogP contribution in [0.15, 0.2) is 29.3 Å². The highest BCUT2D eigenvalue weighted by molar-refractivity contribution is 14.0. The number of hydrogen-bond donors (Lipinski definition) is 2. The molecule has 2 fully saturated rings. The van der Waals surface area contributed by atoms with Gasteiger partial charge in [0.2, 0.25) is 0 Å². The number of halogens is 2. The zero-order chi connectivity index (χ0) is 13.2. The lowest BCUT2D eigenvalue weighted by Crippen LogP contribution is -2.35. The summed E-state index contributed by atoms with van der Waals surface area (Å²) >= 11 is 0. The van der Waals surface area contributed by atoms with Crippen molar-refractivity contribution in [1.29, 1.82) is 0 Å².